The molecule has 0 aliphatic heterocycles. The second-order valence-corrected chi connectivity index (χ2v) is 6.88. The van der Waals surface area contributed by atoms with Crippen LogP contribution in [0.3, 0.4) is 0 Å². The van der Waals surface area contributed by atoms with Crippen LogP contribution in [-0.4, -0.2) is 35.2 Å². The van der Waals surface area contributed by atoms with Crippen molar-refractivity contribution >= 4 is 0 Å². The van der Waals surface area contributed by atoms with Gasteiger partial charge in [-0.1, -0.05) is 20.8 Å². The van der Waals surface area contributed by atoms with Crippen LogP contribution in [0.5, 0.6) is 0 Å². The Morgan fingerprint density at radius 3 is 2.44 bits per heavy atom. The molecule has 2 aliphatic carbocycles. The largest absolute Gasteiger partial charge is 0.393 e. The average Bonchev–Trinajstić information content (AvgIpc) is 3.12. The first-order chi connectivity index (χ1) is 8.61. The molecule has 0 aromatic carbocycles. The van der Waals surface area contributed by atoms with E-state index in [9.17, 15) is 5.11 Å². The zero-order valence-electron chi connectivity index (χ0n) is 12.4. The van der Waals surface area contributed by atoms with Crippen LogP contribution in [0, 0.1) is 17.8 Å². The molecule has 1 N–H and O–H groups in total. The molecule has 0 aromatic rings. The molecule has 0 spiro atoms. The summed E-state index contributed by atoms with van der Waals surface area (Å²) < 4.78 is 0. The summed E-state index contributed by atoms with van der Waals surface area (Å²) >= 11 is 0. The van der Waals surface area contributed by atoms with Crippen molar-refractivity contribution in [3.63, 3.8) is 0 Å². The Balaban J connectivity index is 2.01. The smallest absolute Gasteiger partial charge is 0.0555 e. The summed E-state index contributed by atoms with van der Waals surface area (Å²) in [6.45, 7) is 9.50. The van der Waals surface area contributed by atoms with Gasteiger partial charge in [-0.15, -0.1) is 0 Å². The fourth-order valence-corrected chi connectivity index (χ4v) is 3.66. The lowest BCUT2D eigenvalue weighted by Crippen LogP contribution is -2.48. The highest BCUT2D eigenvalue weighted by Gasteiger charge is 2.37. The maximum atomic E-state index is 10.0. The topological polar surface area (TPSA) is 23.5 Å². The Bertz CT molecular complexity index is 249. The molecule has 0 amide bonds. The van der Waals surface area contributed by atoms with Crippen LogP contribution in [-0.2, 0) is 0 Å². The van der Waals surface area contributed by atoms with Gasteiger partial charge in [-0.2, -0.15) is 0 Å². The summed E-state index contributed by atoms with van der Waals surface area (Å²) in [4.78, 5) is 2.71. The standard InChI is InChI=1S/C16H31NO/c1-4-9-17(11-13-5-6-13)16-10-14(18)7-8-15(16)12(2)3/h12-16,18H,4-11H2,1-3H3. The van der Waals surface area contributed by atoms with Crippen molar-refractivity contribution in [3.8, 4) is 0 Å². The van der Waals surface area contributed by atoms with E-state index >= 15 is 0 Å². The first-order valence-electron chi connectivity index (χ1n) is 8.04. The van der Waals surface area contributed by atoms with Crippen LogP contribution in [0.4, 0.5) is 0 Å². The van der Waals surface area contributed by atoms with E-state index in [0.29, 0.717) is 6.04 Å². The molecular formula is C16H31NO. The fourth-order valence-electron chi connectivity index (χ4n) is 3.66. The molecule has 106 valence electrons. The second-order valence-electron chi connectivity index (χ2n) is 6.88. The number of aliphatic hydroxyl groups is 1. The Morgan fingerprint density at radius 2 is 1.89 bits per heavy atom. The van der Waals surface area contributed by atoms with Gasteiger partial charge in [-0.25, -0.2) is 0 Å². The Hall–Kier alpha value is -0.0800. The van der Waals surface area contributed by atoms with E-state index in [0.717, 1.165) is 30.6 Å². The predicted molar refractivity (Wildman–Crippen MR) is 76.6 cm³/mol. The highest BCUT2D eigenvalue weighted by molar-refractivity contribution is 4.90. The lowest BCUT2D eigenvalue weighted by atomic mass is 9.76. The number of aliphatic hydroxyl groups excluding tert-OH is 1. The maximum Gasteiger partial charge on any atom is 0.0555 e. The molecule has 2 aliphatic rings. The number of hydrogen-bond donors (Lipinski definition) is 1. The van der Waals surface area contributed by atoms with Crippen molar-refractivity contribution in [2.75, 3.05) is 13.1 Å². The van der Waals surface area contributed by atoms with Crippen molar-refractivity contribution in [1.82, 2.24) is 4.90 Å². The van der Waals surface area contributed by atoms with E-state index in [2.05, 4.69) is 25.7 Å². The van der Waals surface area contributed by atoms with E-state index in [-0.39, 0.29) is 6.10 Å². The number of hydrogen-bond acceptors (Lipinski definition) is 2. The van der Waals surface area contributed by atoms with Gasteiger partial charge in [-0.05, 0) is 62.8 Å². The maximum absolute atomic E-state index is 10.0. The van der Waals surface area contributed by atoms with E-state index < -0.39 is 0 Å². The summed E-state index contributed by atoms with van der Waals surface area (Å²) in [7, 11) is 0. The number of nitrogens with zero attached hydrogens (tertiary/aromatic N) is 1. The molecular weight excluding hydrogens is 222 g/mol. The normalized spacial score (nSPS) is 33.3. The minimum absolute atomic E-state index is 0.0523. The van der Waals surface area contributed by atoms with Gasteiger partial charge < -0.3 is 5.11 Å². The van der Waals surface area contributed by atoms with E-state index in [1.165, 1.54) is 38.8 Å². The van der Waals surface area contributed by atoms with Gasteiger partial charge in [0.15, 0.2) is 0 Å². The van der Waals surface area contributed by atoms with Crippen LogP contribution < -0.4 is 0 Å². The van der Waals surface area contributed by atoms with Crippen molar-refractivity contribution in [3.05, 3.63) is 0 Å². The molecule has 18 heavy (non-hydrogen) atoms. The van der Waals surface area contributed by atoms with Gasteiger partial charge in [0.1, 0.15) is 0 Å². The van der Waals surface area contributed by atoms with Gasteiger partial charge in [0.2, 0.25) is 0 Å². The molecule has 2 fully saturated rings. The second kappa shape index (κ2) is 6.38. The van der Waals surface area contributed by atoms with Crippen LogP contribution in [0.1, 0.15) is 59.3 Å². The molecule has 0 bridgehead atoms. The molecule has 3 unspecified atom stereocenters. The zero-order valence-corrected chi connectivity index (χ0v) is 12.4. The Morgan fingerprint density at radius 1 is 1.17 bits per heavy atom. The summed E-state index contributed by atoms with van der Waals surface area (Å²) in [6, 6.07) is 0.634. The van der Waals surface area contributed by atoms with Gasteiger partial charge in [0.05, 0.1) is 6.10 Å². The monoisotopic (exact) mass is 253 g/mol. The van der Waals surface area contributed by atoms with Gasteiger partial charge in [0, 0.05) is 12.6 Å². The molecule has 0 aromatic heterocycles. The number of rotatable bonds is 6. The summed E-state index contributed by atoms with van der Waals surface area (Å²) in [5, 5.41) is 10.0. The van der Waals surface area contributed by atoms with Crippen molar-refractivity contribution in [2.45, 2.75) is 71.4 Å². The van der Waals surface area contributed by atoms with Crippen molar-refractivity contribution in [2.24, 2.45) is 17.8 Å². The van der Waals surface area contributed by atoms with Crippen molar-refractivity contribution < 1.29 is 5.11 Å². The fraction of sp³-hybridized carbons (Fsp3) is 1.00. The summed E-state index contributed by atoms with van der Waals surface area (Å²) in [6.07, 6.45) is 7.30. The quantitative estimate of drug-likeness (QED) is 0.785. The molecule has 2 nitrogen and oxygen atoms in total. The minimum atomic E-state index is -0.0523. The van der Waals surface area contributed by atoms with Crippen LogP contribution in [0.2, 0.25) is 0 Å². The van der Waals surface area contributed by atoms with Gasteiger partial charge in [0.25, 0.3) is 0 Å². The van der Waals surface area contributed by atoms with Crippen LogP contribution in [0.15, 0.2) is 0 Å². The predicted octanol–water partition coefficient (Wildman–Crippen LogP) is 3.29. The van der Waals surface area contributed by atoms with E-state index in [1.54, 1.807) is 0 Å². The molecule has 0 saturated heterocycles. The van der Waals surface area contributed by atoms with Crippen LogP contribution in [0.25, 0.3) is 0 Å². The van der Waals surface area contributed by atoms with E-state index in [4.69, 9.17) is 0 Å². The van der Waals surface area contributed by atoms with Gasteiger partial charge >= 0.3 is 0 Å². The summed E-state index contributed by atoms with van der Waals surface area (Å²) in [5.74, 6) is 2.50. The average molecular weight is 253 g/mol. The third kappa shape index (κ3) is 3.71. The van der Waals surface area contributed by atoms with Crippen LogP contribution >= 0.6 is 0 Å². The highest BCUT2D eigenvalue weighted by atomic mass is 16.3. The lowest BCUT2D eigenvalue weighted by molar-refractivity contribution is 0.00960. The highest BCUT2D eigenvalue weighted by Crippen LogP contribution is 2.37. The molecule has 3 atom stereocenters. The zero-order chi connectivity index (χ0) is 13.1. The first-order valence-corrected chi connectivity index (χ1v) is 8.04. The van der Waals surface area contributed by atoms with Crippen molar-refractivity contribution in [1.29, 1.82) is 0 Å². The minimum Gasteiger partial charge on any atom is -0.393 e. The molecule has 2 heteroatoms. The molecule has 2 saturated carbocycles. The molecule has 2 rings (SSSR count). The molecule has 0 radical (unpaired) electrons. The third-order valence-corrected chi connectivity index (χ3v) is 4.87. The van der Waals surface area contributed by atoms with E-state index in [1.807, 2.05) is 0 Å². The lowest BCUT2D eigenvalue weighted by Gasteiger charge is -2.43. The molecule has 0 heterocycles. The summed E-state index contributed by atoms with van der Waals surface area (Å²) in [5.41, 5.74) is 0. The van der Waals surface area contributed by atoms with Gasteiger partial charge in [-0.3, -0.25) is 4.90 Å². The Kier molecular flexibility index (Phi) is 5.08. The Labute approximate surface area is 113 Å². The third-order valence-electron chi connectivity index (χ3n) is 4.87. The first kappa shape index (κ1) is 14.3. The SMILES string of the molecule is CCCN(CC1CC1)C1CC(O)CCC1C(C)C.